The minimum Gasteiger partial charge on any atom is -0.382 e. The highest BCUT2D eigenvalue weighted by molar-refractivity contribution is 5.85. The normalized spacial score (nSPS) is 21.6. The van der Waals surface area contributed by atoms with Crippen molar-refractivity contribution in [3.05, 3.63) is 0 Å². The molecule has 2 fully saturated rings. The van der Waals surface area contributed by atoms with Crippen molar-refractivity contribution in [3.63, 3.8) is 0 Å². The Hall–Kier alpha value is 0.420. The van der Waals surface area contributed by atoms with Gasteiger partial charge in [0.15, 0.2) is 0 Å². The van der Waals surface area contributed by atoms with Gasteiger partial charge in [-0.15, -0.1) is 24.8 Å². The Labute approximate surface area is 110 Å². The molecule has 0 aromatic carbocycles. The van der Waals surface area contributed by atoms with Crippen LogP contribution in [0.5, 0.6) is 0 Å². The van der Waals surface area contributed by atoms with Crippen molar-refractivity contribution in [3.8, 4) is 0 Å². The molecule has 0 atom stereocenters. The van der Waals surface area contributed by atoms with Crippen molar-refractivity contribution in [1.82, 2.24) is 10.2 Å². The minimum absolute atomic E-state index is 0. The highest BCUT2D eigenvalue weighted by Crippen LogP contribution is 2.15. The van der Waals surface area contributed by atoms with Crippen molar-refractivity contribution in [2.24, 2.45) is 5.92 Å². The van der Waals surface area contributed by atoms with Crippen LogP contribution in [-0.2, 0) is 9.47 Å². The molecule has 1 N–H and O–H groups in total. The van der Waals surface area contributed by atoms with E-state index in [0.29, 0.717) is 12.7 Å². The summed E-state index contributed by atoms with van der Waals surface area (Å²) in [4.78, 5) is 2.48. The van der Waals surface area contributed by atoms with Crippen LogP contribution in [0.25, 0.3) is 0 Å². The van der Waals surface area contributed by atoms with E-state index in [1.165, 1.54) is 19.6 Å². The molecule has 2 saturated heterocycles. The van der Waals surface area contributed by atoms with Crippen LogP contribution >= 0.6 is 24.8 Å². The molecule has 4 nitrogen and oxygen atoms in total. The van der Waals surface area contributed by atoms with E-state index in [2.05, 4.69) is 10.2 Å². The Balaban J connectivity index is 0.00000112. The fraction of sp³-hybridized carbons (Fsp3) is 1.00. The van der Waals surface area contributed by atoms with E-state index in [0.717, 1.165) is 25.6 Å². The van der Waals surface area contributed by atoms with Crippen molar-refractivity contribution >= 4 is 24.8 Å². The van der Waals surface area contributed by atoms with E-state index >= 15 is 0 Å². The first-order chi connectivity index (χ1) is 6.88. The molecule has 2 aliphatic heterocycles. The lowest BCUT2D eigenvalue weighted by molar-refractivity contribution is -0.0729. The molecule has 0 aromatic rings. The summed E-state index contributed by atoms with van der Waals surface area (Å²) in [5.41, 5.74) is 0. The molecule has 2 heterocycles. The molecule has 2 rings (SSSR count). The van der Waals surface area contributed by atoms with Gasteiger partial charge < -0.3 is 14.8 Å². The van der Waals surface area contributed by atoms with E-state index < -0.39 is 0 Å². The van der Waals surface area contributed by atoms with Crippen LogP contribution in [0.4, 0.5) is 0 Å². The summed E-state index contributed by atoms with van der Waals surface area (Å²) in [7, 11) is 1.71. The quantitative estimate of drug-likeness (QED) is 0.710. The van der Waals surface area contributed by atoms with Crippen LogP contribution in [0.2, 0.25) is 0 Å². The van der Waals surface area contributed by atoms with Gasteiger partial charge in [-0.1, -0.05) is 0 Å². The fourth-order valence-corrected chi connectivity index (χ4v) is 1.92. The topological polar surface area (TPSA) is 33.7 Å². The van der Waals surface area contributed by atoms with Crippen molar-refractivity contribution in [2.45, 2.75) is 6.10 Å². The highest BCUT2D eigenvalue weighted by Gasteiger charge is 2.30. The fourth-order valence-electron chi connectivity index (χ4n) is 1.92. The molecule has 0 aromatic heterocycles. The number of methoxy groups -OCH3 is 1. The molecule has 0 spiro atoms. The first-order valence-corrected chi connectivity index (χ1v) is 5.42. The third-order valence-electron chi connectivity index (χ3n) is 2.95. The van der Waals surface area contributed by atoms with Crippen LogP contribution in [0.3, 0.4) is 0 Å². The predicted octanol–water partition coefficient (Wildman–Crippen LogP) is 0.397. The van der Waals surface area contributed by atoms with Crippen LogP contribution < -0.4 is 5.32 Å². The highest BCUT2D eigenvalue weighted by atomic mass is 35.5. The van der Waals surface area contributed by atoms with Crippen molar-refractivity contribution in [2.75, 3.05) is 53.0 Å². The molecule has 0 unspecified atom stereocenters. The molecular weight excluding hydrogens is 251 g/mol. The summed E-state index contributed by atoms with van der Waals surface area (Å²) in [5, 5.41) is 3.29. The van der Waals surface area contributed by atoms with Crippen molar-refractivity contribution < 1.29 is 9.47 Å². The number of rotatable bonds is 6. The van der Waals surface area contributed by atoms with E-state index in [4.69, 9.17) is 9.47 Å². The van der Waals surface area contributed by atoms with Crippen LogP contribution in [0.15, 0.2) is 0 Å². The predicted molar refractivity (Wildman–Crippen MR) is 68.9 cm³/mol. The first kappa shape index (κ1) is 16.4. The maximum atomic E-state index is 5.60. The monoisotopic (exact) mass is 272 g/mol. The van der Waals surface area contributed by atoms with Gasteiger partial charge in [-0.25, -0.2) is 0 Å². The number of nitrogens with zero attached hydrogens (tertiary/aromatic N) is 1. The Morgan fingerprint density at radius 2 is 1.88 bits per heavy atom. The molecule has 0 aliphatic carbocycles. The molecule has 6 heteroatoms. The molecule has 0 radical (unpaired) electrons. The second kappa shape index (κ2) is 8.50. The molecule has 0 saturated carbocycles. The second-order valence-corrected chi connectivity index (χ2v) is 4.23. The number of halogens is 2. The van der Waals surface area contributed by atoms with Crippen LogP contribution in [0.1, 0.15) is 0 Å². The minimum atomic E-state index is 0. The van der Waals surface area contributed by atoms with Gasteiger partial charge >= 0.3 is 0 Å². The van der Waals surface area contributed by atoms with Crippen LogP contribution in [-0.4, -0.2) is 64.1 Å². The summed E-state index contributed by atoms with van der Waals surface area (Å²) in [6.45, 7) is 7.32. The van der Waals surface area contributed by atoms with E-state index in [1.807, 2.05) is 0 Å². The van der Waals surface area contributed by atoms with E-state index in [-0.39, 0.29) is 24.8 Å². The summed E-state index contributed by atoms with van der Waals surface area (Å²) in [5.74, 6) is 0.884. The number of hydrogen-bond donors (Lipinski definition) is 1. The standard InChI is InChI=1S/C10H20N2O2.2ClH/c1-13-2-3-14-10-7-12(8-10)6-9-4-11-5-9;;/h9-11H,2-8H2,1H3;2*1H. The van der Waals surface area contributed by atoms with Gasteiger partial charge in [-0.05, 0) is 5.92 Å². The number of nitrogens with one attached hydrogen (secondary N) is 1. The lowest BCUT2D eigenvalue weighted by atomic mass is 10.0. The lowest BCUT2D eigenvalue weighted by Gasteiger charge is -2.42. The molecule has 0 bridgehead atoms. The Morgan fingerprint density at radius 1 is 1.19 bits per heavy atom. The maximum Gasteiger partial charge on any atom is 0.0829 e. The molecule has 2 aliphatic rings. The van der Waals surface area contributed by atoms with Gasteiger partial charge in [0.05, 0.1) is 19.3 Å². The van der Waals surface area contributed by atoms with Crippen LogP contribution in [0, 0.1) is 5.92 Å². The molecular formula is C10H22Cl2N2O2. The third kappa shape index (κ3) is 4.73. The average Bonchev–Trinajstić information content (AvgIpc) is 2.04. The molecule has 16 heavy (non-hydrogen) atoms. The molecule has 0 amide bonds. The van der Waals surface area contributed by atoms with Crippen molar-refractivity contribution in [1.29, 1.82) is 0 Å². The molecule has 98 valence electrons. The smallest absolute Gasteiger partial charge is 0.0829 e. The lowest BCUT2D eigenvalue weighted by Crippen LogP contribution is -2.57. The third-order valence-corrected chi connectivity index (χ3v) is 2.95. The van der Waals surface area contributed by atoms with E-state index in [9.17, 15) is 0 Å². The number of likely N-dealkylation sites (tertiary alicyclic amines) is 1. The van der Waals surface area contributed by atoms with E-state index in [1.54, 1.807) is 7.11 Å². The first-order valence-electron chi connectivity index (χ1n) is 5.42. The number of hydrogen-bond acceptors (Lipinski definition) is 4. The number of ether oxygens (including phenoxy) is 2. The Kier molecular flexibility index (Phi) is 8.73. The van der Waals surface area contributed by atoms with Gasteiger partial charge in [0.1, 0.15) is 0 Å². The zero-order valence-electron chi connectivity index (χ0n) is 9.68. The SMILES string of the molecule is COCCOC1CN(CC2CNC2)C1.Cl.Cl. The largest absolute Gasteiger partial charge is 0.382 e. The van der Waals surface area contributed by atoms with Gasteiger partial charge in [-0.3, -0.25) is 4.90 Å². The van der Waals surface area contributed by atoms with Gasteiger partial charge in [0, 0.05) is 39.8 Å². The Morgan fingerprint density at radius 3 is 2.38 bits per heavy atom. The summed E-state index contributed by atoms with van der Waals surface area (Å²) < 4.78 is 10.5. The Bertz CT molecular complexity index is 176. The zero-order chi connectivity index (χ0) is 9.80. The average molecular weight is 273 g/mol. The van der Waals surface area contributed by atoms with Gasteiger partial charge in [-0.2, -0.15) is 0 Å². The zero-order valence-corrected chi connectivity index (χ0v) is 11.3. The maximum absolute atomic E-state index is 5.60. The summed E-state index contributed by atoms with van der Waals surface area (Å²) >= 11 is 0. The van der Waals surface area contributed by atoms with Gasteiger partial charge in [0.25, 0.3) is 0 Å². The van der Waals surface area contributed by atoms with Gasteiger partial charge in [0.2, 0.25) is 0 Å². The summed E-state index contributed by atoms with van der Waals surface area (Å²) in [6.07, 6.45) is 0.457. The summed E-state index contributed by atoms with van der Waals surface area (Å²) in [6, 6.07) is 0. The second-order valence-electron chi connectivity index (χ2n) is 4.23.